The summed E-state index contributed by atoms with van der Waals surface area (Å²) in [6.45, 7) is 0. The third kappa shape index (κ3) is 3.15. The molecular formula is C20H12N4O4S. The van der Waals surface area contributed by atoms with Crippen LogP contribution in [0.2, 0.25) is 0 Å². The molecule has 2 amide bonds. The van der Waals surface area contributed by atoms with Crippen LogP contribution in [0.3, 0.4) is 0 Å². The Morgan fingerprint density at radius 1 is 1.14 bits per heavy atom. The van der Waals surface area contributed by atoms with Gasteiger partial charge in [0.25, 0.3) is 11.8 Å². The molecule has 29 heavy (non-hydrogen) atoms. The molecule has 2 heterocycles. The number of carbonyl (C=O) groups excluding carboxylic acids is 2. The Morgan fingerprint density at radius 2 is 1.86 bits per heavy atom. The highest BCUT2D eigenvalue weighted by Crippen LogP contribution is 2.34. The predicted octanol–water partition coefficient (Wildman–Crippen LogP) is 3.07. The molecule has 0 fully saturated rings. The molecule has 9 heteroatoms. The summed E-state index contributed by atoms with van der Waals surface area (Å²) in [5, 5.41) is 25.8. The van der Waals surface area contributed by atoms with Gasteiger partial charge in [-0.15, -0.1) is 0 Å². The number of nitrogens with one attached hydrogen (secondary N) is 1. The van der Waals surface area contributed by atoms with Crippen molar-refractivity contribution in [1.82, 2.24) is 10.2 Å². The summed E-state index contributed by atoms with van der Waals surface area (Å²) in [4.78, 5) is 37.5. The molecule has 2 N–H and O–H groups in total. The van der Waals surface area contributed by atoms with Gasteiger partial charge in [0, 0.05) is 5.75 Å². The molecule has 3 aromatic rings. The molecule has 0 spiro atoms. The van der Waals surface area contributed by atoms with E-state index < -0.39 is 17.8 Å². The molecule has 0 unspecified atom stereocenters. The van der Waals surface area contributed by atoms with Crippen LogP contribution in [0.25, 0.3) is 0 Å². The molecule has 8 nitrogen and oxygen atoms in total. The highest BCUT2D eigenvalue weighted by atomic mass is 32.2. The standard InChI is InChI=1S/C20H12N4O4S/c21-9-15-16(22-23-17(15)29-10-11-4-2-1-3-5-11)24-18(25)13-7-6-12(20(27)28)8-14(13)19(24)26/h1-8H,10H2,(H,22,23)(H,27,28). The van der Waals surface area contributed by atoms with Crippen LogP contribution in [0.5, 0.6) is 0 Å². The molecule has 0 atom stereocenters. The third-order valence-electron chi connectivity index (χ3n) is 4.40. The van der Waals surface area contributed by atoms with E-state index in [-0.39, 0.29) is 28.1 Å². The first-order valence-corrected chi connectivity index (χ1v) is 9.41. The van der Waals surface area contributed by atoms with Gasteiger partial charge in [-0.25, -0.2) is 9.69 Å². The molecule has 0 bridgehead atoms. The average Bonchev–Trinajstić information content (AvgIpc) is 3.24. The van der Waals surface area contributed by atoms with E-state index in [4.69, 9.17) is 5.11 Å². The lowest BCUT2D eigenvalue weighted by Gasteiger charge is -2.11. The number of benzene rings is 2. The van der Waals surface area contributed by atoms with Gasteiger partial charge < -0.3 is 5.11 Å². The van der Waals surface area contributed by atoms with E-state index >= 15 is 0 Å². The van der Waals surface area contributed by atoms with Crippen molar-refractivity contribution in [3.8, 4) is 6.07 Å². The number of fused-ring (bicyclic) bond motifs is 1. The zero-order valence-corrected chi connectivity index (χ0v) is 15.6. The Morgan fingerprint density at radius 3 is 2.55 bits per heavy atom. The molecule has 0 saturated heterocycles. The average molecular weight is 404 g/mol. The smallest absolute Gasteiger partial charge is 0.335 e. The van der Waals surface area contributed by atoms with Crippen LogP contribution < -0.4 is 4.90 Å². The van der Waals surface area contributed by atoms with Crippen molar-refractivity contribution in [1.29, 1.82) is 5.26 Å². The number of aromatic nitrogens is 2. The number of imide groups is 1. The number of aromatic carboxylic acids is 1. The van der Waals surface area contributed by atoms with E-state index in [9.17, 15) is 19.6 Å². The Labute approximate surface area is 168 Å². The van der Waals surface area contributed by atoms with Crippen LogP contribution in [-0.4, -0.2) is 33.1 Å². The molecular weight excluding hydrogens is 392 g/mol. The van der Waals surface area contributed by atoms with Crippen molar-refractivity contribution in [3.05, 3.63) is 76.3 Å². The zero-order chi connectivity index (χ0) is 20.5. The van der Waals surface area contributed by atoms with Crippen molar-refractivity contribution in [2.45, 2.75) is 10.8 Å². The largest absolute Gasteiger partial charge is 0.478 e. The second-order valence-corrected chi connectivity index (χ2v) is 7.11. The van der Waals surface area contributed by atoms with Gasteiger partial charge in [0.05, 0.1) is 16.7 Å². The van der Waals surface area contributed by atoms with Gasteiger partial charge in [0.2, 0.25) is 0 Å². The normalized spacial score (nSPS) is 12.7. The number of thioether (sulfide) groups is 1. The quantitative estimate of drug-likeness (QED) is 0.494. The van der Waals surface area contributed by atoms with Gasteiger partial charge in [-0.3, -0.25) is 14.7 Å². The maximum Gasteiger partial charge on any atom is 0.335 e. The third-order valence-corrected chi connectivity index (χ3v) is 5.45. The van der Waals surface area contributed by atoms with Crippen LogP contribution in [0.1, 0.15) is 42.2 Å². The van der Waals surface area contributed by atoms with E-state index in [1.54, 1.807) is 0 Å². The van der Waals surface area contributed by atoms with Crippen molar-refractivity contribution < 1.29 is 19.5 Å². The summed E-state index contributed by atoms with van der Waals surface area (Å²) in [6.07, 6.45) is 0. The molecule has 1 aromatic heterocycles. The van der Waals surface area contributed by atoms with Crippen LogP contribution >= 0.6 is 11.8 Å². The second kappa shape index (κ2) is 7.26. The SMILES string of the molecule is N#Cc1c(SCc2ccccc2)n[nH]c1N1C(=O)c2ccc(C(=O)O)cc2C1=O. The number of hydrogen-bond donors (Lipinski definition) is 2. The molecule has 0 aliphatic carbocycles. The monoisotopic (exact) mass is 404 g/mol. The van der Waals surface area contributed by atoms with Crippen molar-refractivity contribution in [2.75, 3.05) is 4.90 Å². The fraction of sp³-hybridized carbons (Fsp3) is 0.0500. The number of H-pyrrole nitrogens is 1. The molecule has 2 aromatic carbocycles. The fourth-order valence-corrected chi connectivity index (χ4v) is 3.88. The summed E-state index contributed by atoms with van der Waals surface area (Å²) < 4.78 is 0. The molecule has 4 rings (SSSR count). The van der Waals surface area contributed by atoms with E-state index in [0.29, 0.717) is 10.8 Å². The second-order valence-electron chi connectivity index (χ2n) is 6.15. The number of anilines is 1. The number of amides is 2. The van der Waals surface area contributed by atoms with E-state index in [1.165, 1.54) is 23.9 Å². The minimum absolute atomic E-state index is 0.0214. The van der Waals surface area contributed by atoms with Gasteiger partial charge in [0.15, 0.2) is 5.82 Å². The summed E-state index contributed by atoms with van der Waals surface area (Å²) in [5.74, 6) is -2.00. The number of nitriles is 1. The number of carbonyl (C=O) groups is 3. The van der Waals surface area contributed by atoms with E-state index in [2.05, 4.69) is 10.2 Å². The maximum absolute atomic E-state index is 12.8. The number of aromatic amines is 1. The summed E-state index contributed by atoms with van der Waals surface area (Å²) in [6, 6.07) is 15.3. The van der Waals surface area contributed by atoms with Gasteiger partial charge in [-0.1, -0.05) is 42.1 Å². The van der Waals surface area contributed by atoms with E-state index in [1.807, 2.05) is 36.4 Å². The fourth-order valence-electron chi connectivity index (χ4n) is 2.99. The molecule has 0 radical (unpaired) electrons. The van der Waals surface area contributed by atoms with Crippen LogP contribution in [0.15, 0.2) is 53.6 Å². The van der Waals surface area contributed by atoms with Crippen molar-refractivity contribution in [2.24, 2.45) is 0 Å². The highest BCUT2D eigenvalue weighted by Gasteiger charge is 2.40. The molecule has 0 saturated carbocycles. The lowest BCUT2D eigenvalue weighted by atomic mass is 10.1. The summed E-state index contributed by atoms with van der Waals surface area (Å²) >= 11 is 1.31. The molecule has 1 aliphatic heterocycles. The number of hydrogen-bond acceptors (Lipinski definition) is 6. The summed E-state index contributed by atoms with van der Waals surface area (Å²) in [5.41, 5.74) is 1.08. The maximum atomic E-state index is 12.8. The Hall–Kier alpha value is -3.90. The Kier molecular flexibility index (Phi) is 4.62. The number of nitrogens with zero attached hydrogens (tertiary/aromatic N) is 3. The van der Waals surface area contributed by atoms with Crippen LogP contribution in [0, 0.1) is 11.3 Å². The van der Waals surface area contributed by atoms with Crippen molar-refractivity contribution >= 4 is 35.4 Å². The van der Waals surface area contributed by atoms with Gasteiger partial charge in [-0.2, -0.15) is 10.4 Å². The molecule has 142 valence electrons. The van der Waals surface area contributed by atoms with Gasteiger partial charge in [-0.05, 0) is 23.8 Å². The first-order chi connectivity index (χ1) is 14.0. The highest BCUT2D eigenvalue weighted by molar-refractivity contribution is 7.98. The first kappa shape index (κ1) is 18.5. The van der Waals surface area contributed by atoms with Gasteiger partial charge in [0.1, 0.15) is 16.7 Å². The number of carboxylic acids is 1. The molecule has 1 aliphatic rings. The Bertz CT molecular complexity index is 1200. The summed E-state index contributed by atoms with van der Waals surface area (Å²) in [7, 11) is 0. The minimum atomic E-state index is -1.20. The van der Waals surface area contributed by atoms with Crippen LogP contribution in [-0.2, 0) is 5.75 Å². The Balaban J connectivity index is 1.66. The minimum Gasteiger partial charge on any atom is -0.478 e. The van der Waals surface area contributed by atoms with Gasteiger partial charge >= 0.3 is 5.97 Å². The first-order valence-electron chi connectivity index (χ1n) is 8.42. The lowest BCUT2D eigenvalue weighted by Crippen LogP contribution is -2.30. The topological polar surface area (TPSA) is 127 Å². The number of carboxylic acid groups (broad SMARTS) is 1. The lowest BCUT2D eigenvalue weighted by molar-refractivity contribution is 0.0696. The van der Waals surface area contributed by atoms with Crippen LogP contribution in [0.4, 0.5) is 5.82 Å². The van der Waals surface area contributed by atoms with Crippen molar-refractivity contribution in [3.63, 3.8) is 0 Å². The zero-order valence-electron chi connectivity index (χ0n) is 14.7. The van der Waals surface area contributed by atoms with E-state index in [0.717, 1.165) is 16.5 Å². The predicted molar refractivity (Wildman–Crippen MR) is 104 cm³/mol. The number of rotatable bonds is 5.